The van der Waals surface area contributed by atoms with Crippen molar-refractivity contribution >= 4 is 23.7 Å². The minimum atomic E-state index is -0.884. The number of anilines is 1. The Hall–Kier alpha value is -1.28. The fourth-order valence-corrected chi connectivity index (χ4v) is 3.01. The second-order valence-electron chi connectivity index (χ2n) is 5.15. The maximum atomic E-state index is 10.6. The molecule has 2 rings (SSSR count). The van der Waals surface area contributed by atoms with Crippen molar-refractivity contribution in [2.45, 2.75) is 43.5 Å². The highest BCUT2D eigenvalue weighted by atomic mass is 32.2. The molecule has 19 heavy (non-hydrogen) atoms. The third kappa shape index (κ3) is 3.38. The lowest BCUT2D eigenvalue weighted by Crippen LogP contribution is -2.35. The Labute approximate surface area is 115 Å². The van der Waals surface area contributed by atoms with E-state index < -0.39 is 5.97 Å². The number of carboxylic acids is 1. The number of aliphatic carboxylic acids is 1. The van der Waals surface area contributed by atoms with Crippen LogP contribution in [0.25, 0.3) is 0 Å². The van der Waals surface area contributed by atoms with Gasteiger partial charge in [-0.05, 0) is 26.7 Å². The van der Waals surface area contributed by atoms with Crippen molar-refractivity contribution in [1.29, 1.82) is 0 Å². The molecule has 0 bridgehead atoms. The van der Waals surface area contributed by atoms with Crippen molar-refractivity contribution in [3.8, 4) is 0 Å². The van der Waals surface area contributed by atoms with Crippen molar-refractivity contribution in [2.24, 2.45) is 0 Å². The van der Waals surface area contributed by atoms with Crippen LogP contribution in [0.4, 0.5) is 5.95 Å². The minimum Gasteiger partial charge on any atom is -0.481 e. The van der Waals surface area contributed by atoms with Crippen LogP contribution < -0.4 is 5.73 Å². The van der Waals surface area contributed by atoms with Crippen molar-refractivity contribution in [3.05, 3.63) is 0 Å². The lowest BCUT2D eigenvalue weighted by Gasteiger charge is -2.36. The molecule has 1 unspecified atom stereocenters. The molecule has 7 nitrogen and oxygen atoms in total. The average Bonchev–Trinajstić information content (AvgIpc) is 2.66. The van der Waals surface area contributed by atoms with Crippen molar-refractivity contribution in [2.75, 3.05) is 18.1 Å². The molecule has 1 aliphatic heterocycles. The first-order valence-corrected chi connectivity index (χ1v) is 7.06. The van der Waals surface area contributed by atoms with E-state index in [1.54, 1.807) is 0 Å². The summed E-state index contributed by atoms with van der Waals surface area (Å²) in [7, 11) is 0. The SMILES string of the molecule is CC1(C)CC(n2c(N)nnc2SCC(=O)O)CCO1. The van der Waals surface area contributed by atoms with Gasteiger partial charge in [-0.1, -0.05) is 11.8 Å². The fraction of sp³-hybridized carbons (Fsp3) is 0.727. The zero-order valence-corrected chi connectivity index (χ0v) is 11.8. The number of hydrogen-bond donors (Lipinski definition) is 2. The lowest BCUT2D eigenvalue weighted by atomic mass is 9.94. The molecule has 106 valence electrons. The number of nitrogens with two attached hydrogens (primary N) is 1. The smallest absolute Gasteiger partial charge is 0.313 e. The molecule has 3 N–H and O–H groups in total. The normalized spacial score (nSPS) is 22.3. The predicted octanol–water partition coefficient (Wildman–Crippen LogP) is 1.17. The first-order chi connectivity index (χ1) is 8.89. The van der Waals surface area contributed by atoms with Gasteiger partial charge in [-0.2, -0.15) is 0 Å². The molecular weight excluding hydrogens is 268 g/mol. The summed E-state index contributed by atoms with van der Waals surface area (Å²) >= 11 is 1.14. The van der Waals surface area contributed by atoms with Crippen LogP contribution in [0.15, 0.2) is 5.16 Å². The van der Waals surface area contributed by atoms with Gasteiger partial charge in [-0.15, -0.1) is 10.2 Å². The number of carboxylic acid groups (broad SMARTS) is 1. The molecule has 1 aliphatic rings. The van der Waals surface area contributed by atoms with Gasteiger partial charge in [0.25, 0.3) is 0 Å². The van der Waals surface area contributed by atoms with Crippen LogP contribution in [0.2, 0.25) is 0 Å². The van der Waals surface area contributed by atoms with E-state index in [9.17, 15) is 4.79 Å². The summed E-state index contributed by atoms with van der Waals surface area (Å²) in [6, 6.07) is 0.148. The van der Waals surface area contributed by atoms with Crippen LogP contribution in [0.3, 0.4) is 0 Å². The van der Waals surface area contributed by atoms with Crippen molar-refractivity contribution in [3.63, 3.8) is 0 Å². The summed E-state index contributed by atoms with van der Waals surface area (Å²) in [5, 5.41) is 17.1. The van der Waals surface area contributed by atoms with Crippen molar-refractivity contribution < 1.29 is 14.6 Å². The summed E-state index contributed by atoms with van der Waals surface area (Å²) in [5.41, 5.74) is 5.64. The molecule has 0 spiro atoms. The monoisotopic (exact) mass is 286 g/mol. The number of rotatable bonds is 4. The number of hydrogen-bond acceptors (Lipinski definition) is 6. The van der Waals surface area contributed by atoms with Crippen LogP contribution in [-0.4, -0.2) is 43.8 Å². The first kappa shape index (κ1) is 14.1. The maximum Gasteiger partial charge on any atom is 0.313 e. The molecule has 1 aromatic rings. The molecular formula is C11H18N4O3S. The standard InChI is InChI=1S/C11H18N4O3S/c1-11(2)5-7(3-4-18-11)15-9(12)13-14-10(15)19-6-8(16)17/h7H,3-6H2,1-2H3,(H2,12,13)(H,16,17). The topological polar surface area (TPSA) is 103 Å². The molecule has 0 amide bonds. The van der Waals surface area contributed by atoms with Crippen LogP contribution in [-0.2, 0) is 9.53 Å². The summed E-state index contributed by atoms with van der Waals surface area (Å²) in [4.78, 5) is 10.6. The zero-order chi connectivity index (χ0) is 14.0. The molecule has 0 aromatic carbocycles. The van der Waals surface area contributed by atoms with Gasteiger partial charge in [0.1, 0.15) is 0 Å². The number of nitrogens with zero attached hydrogens (tertiary/aromatic N) is 3. The predicted molar refractivity (Wildman–Crippen MR) is 71.1 cm³/mol. The van der Waals surface area contributed by atoms with E-state index in [4.69, 9.17) is 15.6 Å². The van der Waals surface area contributed by atoms with Gasteiger partial charge in [0.05, 0.1) is 11.4 Å². The third-order valence-corrected chi connectivity index (χ3v) is 3.98. The van der Waals surface area contributed by atoms with E-state index in [0.717, 1.165) is 24.6 Å². The van der Waals surface area contributed by atoms with Gasteiger partial charge in [0.15, 0.2) is 5.16 Å². The Kier molecular flexibility index (Phi) is 4.00. The van der Waals surface area contributed by atoms with E-state index >= 15 is 0 Å². The lowest BCUT2D eigenvalue weighted by molar-refractivity contribution is -0.133. The second kappa shape index (κ2) is 5.38. The van der Waals surface area contributed by atoms with E-state index in [1.165, 1.54) is 0 Å². The fourth-order valence-electron chi connectivity index (χ4n) is 2.28. The Morgan fingerprint density at radius 3 is 3.00 bits per heavy atom. The molecule has 0 saturated carbocycles. The van der Waals surface area contributed by atoms with Gasteiger partial charge in [0, 0.05) is 12.6 Å². The van der Waals surface area contributed by atoms with Gasteiger partial charge >= 0.3 is 5.97 Å². The summed E-state index contributed by atoms with van der Waals surface area (Å²) in [6.07, 6.45) is 1.63. The average molecular weight is 286 g/mol. The molecule has 0 aliphatic carbocycles. The first-order valence-electron chi connectivity index (χ1n) is 6.08. The molecule has 0 radical (unpaired) electrons. The summed E-state index contributed by atoms with van der Waals surface area (Å²) < 4.78 is 7.51. The molecule has 1 atom stereocenters. The molecule has 8 heteroatoms. The van der Waals surface area contributed by atoms with Crippen LogP contribution >= 0.6 is 11.8 Å². The molecule has 1 fully saturated rings. The number of thioether (sulfide) groups is 1. The van der Waals surface area contributed by atoms with E-state index in [0.29, 0.717) is 17.7 Å². The van der Waals surface area contributed by atoms with Gasteiger partial charge in [-0.3, -0.25) is 9.36 Å². The Morgan fingerprint density at radius 1 is 1.63 bits per heavy atom. The molecule has 1 aromatic heterocycles. The van der Waals surface area contributed by atoms with Crippen LogP contribution in [0.1, 0.15) is 32.7 Å². The highest BCUT2D eigenvalue weighted by Gasteiger charge is 2.32. The minimum absolute atomic E-state index is 0.0508. The summed E-state index contributed by atoms with van der Waals surface area (Å²) in [6.45, 7) is 4.71. The summed E-state index contributed by atoms with van der Waals surface area (Å²) in [5.74, 6) is -0.605. The Balaban J connectivity index is 2.18. The van der Waals surface area contributed by atoms with E-state index in [-0.39, 0.29) is 17.4 Å². The number of nitrogen functional groups attached to an aromatic ring is 1. The number of ether oxygens (including phenoxy) is 1. The molecule has 2 heterocycles. The van der Waals surface area contributed by atoms with Crippen molar-refractivity contribution in [1.82, 2.24) is 14.8 Å². The zero-order valence-electron chi connectivity index (χ0n) is 11.0. The van der Waals surface area contributed by atoms with Gasteiger partial charge < -0.3 is 15.6 Å². The Bertz CT molecular complexity index is 475. The quantitative estimate of drug-likeness (QED) is 0.800. The second-order valence-corrected chi connectivity index (χ2v) is 6.09. The number of aromatic nitrogens is 3. The third-order valence-electron chi connectivity index (χ3n) is 3.05. The highest BCUT2D eigenvalue weighted by Crippen LogP contribution is 2.35. The number of carbonyl (C=O) groups is 1. The van der Waals surface area contributed by atoms with Crippen LogP contribution in [0, 0.1) is 0 Å². The van der Waals surface area contributed by atoms with Gasteiger partial charge in [0.2, 0.25) is 5.95 Å². The van der Waals surface area contributed by atoms with Gasteiger partial charge in [-0.25, -0.2) is 0 Å². The Morgan fingerprint density at radius 2 is 2.37 bits per heavy atom. The highest BCUT2D eigenvalue weighted by molar-refractivity contribution is 7.99. The van der Waals surface area contributed by atoms with E-state index in [1.807, 2.05) is 18.4 Å². The molecule has 1 saturated heterocycles. The van der Waals surface area contributed by atoms with Crippen LogP contribution in [0.5, 0.6) is 0 Å². The largest absolute Gasteiger partial charge is 0.481 e. The maximum absolute atomic E-state index is 10.6. The van der Waals surface area contributed by atoms with E-state index in [2.05, 4.69) is 10.2 Å².